The number of carbonyl (C=O) groups excluding carboxylic acids is 1. The molecule has 0 saturated carbocycles. The highest BCUT2D eigenvalue weighted by Crippen LogP contribution is 2.32. The number of hydrogen-bond donors (Lipinski definition) is 1. The van der Waals surface area contributed by atoms with Crippen molar-refractivity contribution in [3.8, 4) is 17.2 Å². The number of hydrogen-bond acceptors (Lipinski definition) is 8. The van der Waals surface area contributed by atoms with Crippen LogP contribution in [-0.4, -0.2) is 32.4 Å². The zero-order chi connectivity index (χ0) is 25.1. The number of benzene rings is 3. The third-order valence-electron chi connectivity index (χ3n) is 5.68. The number of amides is 1. The molecule has 0 fully saturated rings. The molecule has 0 radical (unpaired) electrons. The Morgan fingerprint density at radius 1 is 1.08 bits per heavy atom. The van der Waals surface area contributed by atoms with Crippen molar-refractivity contribution >= 4 is 23.4 Å². The molecule has 3 aromatic carbocycles. The van der Waals surface area contributed by atoms with Gasteiger partial charge in [-0.1, -0.05) is 36.0 Å². The fourth-order valence-corrected chi connectivity index (χ4v) is 4.75. The maximum atomic E-state index is 12.8. The van der Waals surface area contributed by atoms with Crippen LogP contribution in [0.2, 0.25) is 0 Å². The lowest BCUT2D eigenvalue weighted by atomic mass is 10.1. The van der Waals surface area contributed by atoms with E-state index in [9.17, 15) is 14.9 Å². The normalized spacial score (nSPS) is 11.9. The third-order valence-corrected chi connectivity index (χ3v) is 6.66. The fraction of sp³-hybridized carbons (Fsp3) is 0.160. The topological polar surface area (TPSA) is 121 Å². The number of nitrogens with one attached hydrogen (secondary N) is 1. The molecule has 2 heterocycles. The minimum atomic E-state index is -0.448. The van der Waals surface area contributed by atoms with Gasteiger partial charge in [0.1, 0.15) is 0 Å². The van der Waals surface area contributed by atoms with E-state index < -0.39 is 4.92 Å². The highest BCUT2D eigenvalue weighted by atomic mass is 32.2. The quantitative estimate of drug-likeness (QED) is 0.213. The highest BCUT2D eigenvalue weighted by molar-refractivity contribution is 7.98. The third kappa shape index (κ3) is 4.86. The summed E-state index contributed by atoms with van der Waals surface area (Å²) in [7, 11) is 0. The van der Waals surface area contributed by atoms with E-state index in [0.29, 0.717) is 39.5 Å². The molecule has 182 valence electrons. The number of aromatic nitrogens is 3. The van der Waals surface area contributed by atoms with Gasteiger partial charge >= 0.3 is 0 Å². The van der Waals surface area contributed by atoms with E-state index in [-0.39, 0.29) is 24.9 Å². The van der Waals surface area contributed by atoms with Crippen molar-refractivity contribution < 1.29 is 19.2 Å². The number of nitro benzene ring substituents is 1. The molecule has 5 rings (SSSR count). The van der Waals surface area contributed by atoms with Crippen molar-refractivity contribution in [3.05, 3.63) is 99.4 Å². The van der Waals surface area contributed by atoms with Crippen LogP contribution < -0.4 is 14.8 Å². The largest absolute Gasteiger partial charge is 0.454 e. The molecule has 0 atom stereocenters. The summed E-state index contributed by atoms with van der Waals surface area (Å²) in [6.07, 6.45) is 0. The first-order valence-electron chi connectivity index (χ1n) is 11.0. The average molecular weight is 504 g/mol. The van der Waals surface area contributed by atoms with Crippen LogP contribution in [0.3, 0.4) is 0 Å². The van der Waals surface area contributed by atoms with Crippen molar-refractivity contribution in [3.63, 3.8) is 0 Å². The van der Waals surface area contributed by atoms with Crippen LogP contribution in [-0.2, 0) is 12.3 Å². The van der Waals surface area contributed by atoms with Gasteiger partial charge in [-0.3, -0.25) is 19.5 Å². The van der Waals surface area contributed by atoms with Crippen LogP contribution in [0.15, 0.2) is 71.9 Å². The maximum Gasteiger partial charge on any atom is 0.269 e. The molecule has 1 aliphatic heterocycles. The number of fused-ring (bicyclic) bond motifs is 1. The number of nitro groups is 1. The predicted octanol–water partition coefficient (Wildman–Crippen LogP) is 4.43. The van der Waals surface area contributed by atoms with Crippen LogP contribution >= 0.6 is 11.8 Å². The second-order valence-electron chi connectivity index (χ2n) is 7.97. The van der Waals surface area contributed by atoms with Gasteiger partial charge < -0.3 is 14.8 Å². The second kappa shape index (κ2) is 10.1. The van der Waals surface area contributed by atoms with Crippen molar-refractivity contribution in [2.45, 2.75) is 24.4 Å². The van der Waals surface area contributed by atoms with Gasteiger partial charge in [-0.2, -0.15) is 0 Å². The van der Waals surface area contributed by atoms with Crippen molar-refractivity contribution in [1.29, 1.82) is 0 Å². The summed E-state index contributed by atoms with van der Waals surface area (Å²) in [6.45, 7) is 2.28. The maximum absolute atomic E-state index is 12.8. The standard InChI is InChI=1S/C25H21N5O5S/c1-16-4-2-3-5-18(16)14-36-25-28-27-23(29(25)19-7-9-20(10-8-19)30(32)33)13-26-24(31)17-6-11-21-22(12-17)35-15-34-21/h2-12H,13-15H2,1H3,(H,26,31). The number of carbonyl (C=O) groups is 1. The molecule has 11 heteroatoms. The number of rotatable bonds is 8. The Hall–Kier alpha value is -4.38. The Kier molecular flexibility index (Phi) is 6.54. The minimum absolute atomic E-state index is 0.0152. The van der Waals surface area contributed by atoms with Gasteiger partial charge in [0.25, 0.3) is 11.6 Å². The lowest BCUT2D eigenvalue weighted by Crippen LogP contribution is -2.24. The summed E-state index contributed by atoms with van der Waals surface area (Å²) in [6, 6.07) is 19.2. The van der Waals surface area contributed by atoms with E-state index in [1.54, 1.807) is 34.9 Å². The molecule has 4 aromatic rings. The number of aryl methyl sites for hydroxylation is 1. The Morgan fingerprint density at radius 2 is 1.86 bits per heavy atom. The van der Waals surface area contributed by atoms with Gasteiger partial charge in [0.15, 0.2) is 22.5 Å². The molecule has 10 nitrogen and oxygen atoms in total. The molecule has 0 saturated heterocycles. The zero-order valence-electron chi connectivity index (χ0n) is 19.2. The molecular formula is C25H21N5O5S. The number of non-ortho nitro benzene ring substituents is 1. The summed E-state index contributed by atoms with van der Waals surface area (Å²) >= 11 is 1.50. The summed E-state index contributed by atoms with van der Waals surface area (Å²) in [4.78, 5) is 23.5. The summed E-state index contributed by atoms with van der Waals surface area (Å²) < 4.78 is 12.4. The number of ether oxygens (including phenoxy) is 2. The zero-order valence-corrected chi connectivity index (χ0v) is 20.0. The highest BCUT2D eigenvalue weighted by Gasteiger charge is 2.19. The molecule has 1 aromatic heterocycles. The first-order valence-corrected chi connectivity index (χ1v) is 12.0. The lowest BCUT2D eigenvalue weighted by Gasteiger charge is -2.12. The van der Waals surface area contributed by atoms with Crippen LogP contribution in [0.4, 0.5) is 5.69 Å². The molecule has 1 amide bonds. The number of thioether (sulfide) groups is 1. The average Bonchev–Trinajstić information content (AvgIpc) is 3.53. The summed E-state index contributed by atoms with van der Waals surface area (Å²) in [5.41, 5.74) is 3.40. The molecule has 36 heavy (non-hydrogen) atoms. The lowest BCUT2D eigenvalue weighted by molar-refractivity contribution is -0.384. The van der Waals surface area contributed by atoms with Gasteiger partial charge in [0.2, 0.25) is 6.79 Å². The summed E-state index contributed by atoms with van der Waals surface area (Å²) in [5.74, 6) is 1.97. The van der Waals surface area contributed by atoms with E-state index in [4.69, 9.17) is 9.47 Å². The van der Waals surface area contributed by atoms with Gasteiger partial charge in [-0.25, -0.2) is 0 Å². The smallest absolute Gasteiger partial charge is 0.269 e. The first kappa shape index (κ1) is 23.4. The molecule has 1 aliphatic rings. The van der Waals surface area contributed by atoms with Crippen LogP contribution in [0, 0.1) is 17.0 Å². The first-order chi connectivity index (χ1) is 17.5. The minimum Gasteiger partial charge on any atom is -0.454 e. The van der Waals surface area contributed by atoms with E-state index in [0.717, 1.165) is 0 Å². The van der Waals surface area contributed by atoms with Gasteiger partial charge in [0.05, 0.1) is 11.5 Å². The van der Waals surface area contributed by atoms with Gasteiger partial charge in [-0.15, -0.1) is 10.2 Å². The van der Waals surface area contributed by atoms with Crippen molar-refractivity contribution in [2.75, 3.05) is 6.79 Å². The van der Waals surface area contributed by atoms with E-state index in [2.05, 4.69) is 21.6 Å². The van der Waals surface area contributed by atoms with Crippen LogP contribution in [0.1, 0.15) is 27.3 Å². The summed E-state index contributed by atoms with van der Waals surface area (Å²) in [5, 5.41) is 23.2. The van der Waals surface area contributed by atoms with Crippen molar-refractivity contribution in [1.82, 2.24) is 20.1 Å². The molecule has 0 unspecified atom stereocenters. The predicted molar refractivity (Wildman–Crippen MR) is 132 cm³/mol. The Morgan fingerprint density at radius 3 is 2.64 bits per heavy atom. The molecule has 0 bridgehead atoms. The Balaban J connectivity index is 1.39. The van der Waals surface area contributed by atoms with E-state index in [1.165, 1.54) is 35.0 Å². The molecule has 1 N–H and O–H groups in total. The van der Waals surface area contributed by atoms with E-state index in [1.807, 2.05) is 25.1 Å². The SMILES string of the molecule is Cc1ccccc1CSc1nnc(CNC(=O)c2ccc3c(c2)OCO3)n1-c1ccc([N+](=O)[O-])cc1. The Bertz CT molecular complexity index is 1440. The fourth-order valence-electron chi connectivity index (χ4n) is 3.70. The molecule has 0 spiro atoms. The number of nitrogens with zero attached hydrogens (tertiary/aromatic N) is 4. The van der Waals surface area contributed by atoms with Crippen molar-refractivity contribution in [2.24, 2.45) is 0 Å². The molecular weight excluding hydrogens is 482 g/mol. The van der Waals surface area contributed by atoms with Crippen LogP contribution in [0.25, 0.3) is 5.69 Å². The molecule has 0 aliphatic carbocycles. The van der Waals surface area contributed by atoms with E-state index >= 15 is 0 Å². The van der Waals surface area contributed by atoms with Crippen LogP contribution in [0.5, 0.6) is 11.5 Å². The second-order valence-corrected chi connectivity index (χ2v) is 8.92. The van der Waals surface area contributed by atoms with Gasteiger partial charge in [-0.05, 0) is 48.4 Å². The Labute approximate surface area is 210 Å². The monoisotopic (exact) mass is 503 g/mol. The van der Waals surface area contributed by atoms with Gasteiger partial charge in [0, 0.05) is 29.1 Å².